The monoisotopic (exact) mass is 1990 g/mol. The lowest BCUT2D eigenvalue weighted by atomic mass is 9.81. The van der Waals surface area contributed by atoms with E-state index in [2.05, 4.69) is 105 Å². The van der Waals surface area contributed by atoms with E-state index in [1.807, 2.05) is 215 Å². The number of fused-ring (bicyclic) bond motifs is 6. The summed E-state index contributed by atoms with van der Waals surface area (Å²) in [4.78, 5) is 136. The zero-order chi connectivity index (χ0) is 104. The van der Waals surface area contributed by atoms with E-state index < -0.39 is 57.7 Å². The summed E-state index contributed by atoms with van der Waals surface area (Å²) < 4.78 is 45.3. The number of nitrogens with zero attached hydrogens (tertiary/aromatic N) is 18. The number of allylic oxidation sites excluding steroid dienone is 3. The number of carbonyl (C=O) groups excluding carboxylic acids is 5. The number of thiazole rings is 1. The van der Waals surface area contributed by atoms with Crippen molar-refractivity contribution in [2.75, 3.05) is 92.5 Å². The standard InChI is InChI=1S/C37H34N10O3S.C35H39N9O5.C34H39N7O5/c1-37(2)25-17-24(13-14-26(25)43-30(37)18-28(39-3)34-44-27-7-5-6-8-29(27)51-34)47(4)15-16-49-36(48)40-19-22-9-11-23(12-10-22)20-50-33-31-32(42-21-41-31)45-35(38)46-33;1-34(2,3)49-31(45)26(37-6)17-27-35(4,5)24-16-23(12-13-25(24)41-27)44(7)14-15-47-33(46)38-18-21-8-10-22(11-9-21)19-48-30-28-29(40-20-39-28)42-32(36)43-30;1-33(2,3)46-30(42)27(36-6)19-28-34(4,5)25-18-24(12-13-26(25)39-28)41(7)16-17-44-32(43)38-20-22-8-10-23(11-9-22)21-45-31-37-15-14-29(35)40-31/h5-14,17-18,21H,15-16,19-20H2,1-2,4H3,(H,40,48)(H3,38,41,42,45,46);8-13,16-17,20H,14-15,18-19H2,1-5,7H3,(H,38,46)(H3,36,39,40,42,43);8-15,18-19H,16-17,20-21H2,1-5,7H3,(H,38,43)(H2,35,37,40)/b28-18-;26-17-;27-19-. The van der Waals surface area contributed by atoms with E-state index in [0.717, 1.165) is 100 Å². The van der Waals surface area contributed by atoms with E-state index in [9.17, 15) is 24.0 Å². The molecule has 750 valence electrons. The Bertz CT molecular complexity index is 7340. The highest BCUT2D eigenvalue weighted by molar-refractivity contribution is 7.19. The predicted molar refractivity (Wildman–Crippen MR) is 560 cm³/mol. The number of aromatic amines is 2. The summed E-state index contributed by atoms with van der Waals surface area (Å²) in [5.74, 6) is -0.193. The highest BCUT2D eigenvalue weighted by atomic mass is 32.1. The Hall–Kier alpha value is -17.7. The maximum absolute atomic E-state index is 12.6. The summed E-state index contributed by atoms with van der Waals surface area (Å²) in [6, 6.07) is 50.4. The van der Waals surface area contributed by atoms with Crippen molar-refractivity contribution in [3.8, 4) is 17.8 Å². The van der Waals surface area contributed by atoms with Gasteiger partial charge in [-0.15, -0.1) is 11.3 Å². The first-order valence-corrected chi connectivity index (χ1v) is 47.3. The number of amides is 3. The first kappa shape index (κ1) is 104. The summed E-state index contributed by atoms with van der Waals surface area (Å²) in [7, 11) is 5.78. The van der Waals surface area contributed by atoms with Gasteiger partial charge in [-0.25, -0.2) is 48.9 Å². The Balaban J connectivity index is 0.000000173. The van der Waals surface area contributed by atoms with Crippen LogP contribution in [0.25, 0.3) is 52.8 Å². The van der Waals surface area contributed by atoms with Gasteiger partial charge in [0, 0.05) is 97.4 Å². The van der Waals surface area contributed by atoms with E-state index in [1.165, 1.54) is 42.3 Å². The zero-order valence-electron chi connectivity index (χ0n) is 83.5. The molecule has 0 saturated heterocycles. The quantitative estimate of drug-likeness (QED) is 0.00819. The number of hydrogen-bond acceptors (Lipinski definition) is 32. The van der Waals surface area contributed by atoms with Crippen molar-refractivity contribution in [1.29, 1.82) is 0 Å². The molecule has 3 aliphatic heterocycles. The molecule has 0 aliphatic carbocycles. The van der Waals surface area contributed by atoms with Gasteiger partial charge in [-0.2, -0.15) is 24.9 Å². The van der Waals surface area contributed by atoms with E-state index in [0.29, 0.717) is 101 Å². The van der Waals surface area contributed by atoms with Gasteiger partial charge in [0.15, 0.2) is 11.3 Å². The molecule has 16 rings (SSSR count). The van der Waals surface area contributed by atoms with Crippen LogP contribution in [0.4, 0.5) is 66.2 Å². The van der Waals surface area contributed by atoms with Crippen molar-refractivity contribution < 1.29 is 61.9 Å². The van der Waals surface area contributed by atoms with Crippen LogP contribution >= 0.6 is 11.3 Å². The second kappa shape index (κ2) is 45.5. The molecule has 40 heteroatoms. The molecule has 3 amide bonds. The van der Waals surface area contributed by atoms with Crippen LogP contribution in [0.5, 0.6) is 17.8 Å². The van der Waals surface area contributed by atoms with Gasteiger partial charge in [0.05, 0.1) is 79.3 Å². The third-order valence-corrected chi connectivity index (χ3v) is 24.6. The number of carbonyl (C=O) groups is 5. The average Bonchev–Trinajstić information content (AvgIpc) is 1.61. The lowest BCUT2D eigenvalue weighted by molar-refractivity contribution is -0.150. The number of rotatable bonds is 33. The van der Waals surface area contributed by atoms with Crippen LogP contribution in [0.1, 0.15) is 138 Å². The minimum Gasteiger partial charge on any atom is -0.471 e. The average molecular weight is 1990 g/mol. The number of imidazole rings is 2. The molecule has 0 fully saturated rings. The lowest BCUT2D eigenvalue weighted by Crippen LogP contribution is -2.29. The number of ether oxygens (including phenoxy) is 8. The molecule has 0 radical (unpaired) electrons. The SMILES string of the molecule is [C-]#[N+]/C(=C\C1=Nc2ccc(N(C)CCOC(=O)NCc3ccc(COc4nc(N)nc5nc[nH]c45)cc3)cc2C1(C)C)C(=O)OC(C)(C)C.[C-]#[N+]/C(=C\C1=Nc2ccc(N(C)CCOC(=O)NCc3ccc(COc4nc(N)nc5nc[nH]c45)cc3)cc2C1(C)C)c1nc2ccccc2s1.[C-]#[N+]/C(=C\C1=Nc2ccc(N(C)CCOC(=O)NCc3ccc(COc4nccc(N)n4)cc3)cc2C1(C)C)C(=O)OC(C)(C)C. The summed E-state index contributed by atoms with van der Waals surface area (Å²) in [6.45, 7) is 49.4. The molecular formula is C106H112N26O13S. The molecule has 0 saturated carbocycles. The first-order chi connectivity index (χ1) is 69.6. The van der Waals surface area contributed by atoms with Gasteiger partial charge in [-0.05, 0) is 183 Å². The Morgan fingerprint density at radius 1 is 0.445 bits per heavy atom. The van der Waals surface area contributed by atoms with Crippen molar-refractivity contribution in [1.82, 2.24) is 70.8 Å². The lowest BCUT2D eigenvalue weighted by Gasteiger charge is -2.24. The molecule has 6 aromatic heterocycles. The van der Waals surface area contributed by atoms with Gasteiger partial charge in [-0.1, -0.05) is 126 Å². The summed E-state index contributed by atoms with van der Waals surface area (Å²) >= 11 is 1.51. The molecule has 0 unspecified atom stereocenters. The molecule has 146 heavy (non-hydrogen) atoms. The van der Waals surface area contributed by atoms with Gasteiger partial charge < -0.3 is 95.7 Å². The summed E-state index contributed by atoms with van der Waals surface area (Å²) in [5.41, 5.74) is 33.0. The molecule has 3 aliphatic rings. The maximum Gasteiger partial charge on any atom is 0.407 e. The highest BCUT2D eigenvalue weighted by Crippen LogP contribution is 2.47. The highest BCUT2D eigenvalue weighted by Gasteiger charge is 2.39. The minimum atomic E-state index is -0.713. The van der Waals surface area contributed by atoms with Gasteiger partial charge in [0.25, 0.3) is 11.4 Å². The number of esters is 2. The van der Waals surface area contributed by atoms with E-state index in [-0.39, 0.29) is 68.9 Å². The van der Waals surface area contributed by atoms with E-state index in [4.69, 9.17) is 89.8 Å². The number of H-pyrrole nitrogens is 2. The number of para-hydroxylation sites is 1. The fraction of sp³-hybridized carbons (Fsp3) is 0.302. The van der Waals surface area contributed by atoms with Gasteiger partial charge in [0.1, 0.15) is 72.7 Å². The van der Waals surface area contributed by atoms with Crippen molar-refractivity contribution >= 4 is 149 Å². The molecule has 9 heterocycles. The Labute approximate surface area is 847 Å². The second-order valence-electron chi connectivity index (χ2n) is 37.7. The minimum absolute atomic E-state index is 0.0792. The van der Waals surface area contributed by atoms with Crippen molar-refractivity contribution in [2.24, 2.45) is 15.0 Å². The Morgan fingerprint density at radius 3 is 1.18 bits per heavy atom. The number of anilines is 6. The number of hydrogen-bond donors (Lipinski definition) is 8. The van der Waals surface area contributed by atoms with Crippen LogP contribution in [-0.4, -0.2) is 174 Å². The number of nitrogen functional groups attached to an aromatic ring is 3. The molecule has 39 nitrogen and oxygen atoms in total. The van der Waals surface area contributed by atoms with Crippen molar-refractivity contribution in [3.63, 3.8) is 0 Å². The smallest absolute Gasteiger partial charge is 0.407 e. The van der Waals surface area contributed by atoms with E-state index >= 15 is 0 Å². The molecule has 13 aromatic rings. The number of aliphatic imine (C=N–C) groups is 3. The fourth-order valence-electron chi connectivity index (χ4n) is 15.3. The largest absolute Gasteiger partial charge is 0.471 e. The number of nitrogens with two attached hydrogens (primary N) is 3. The van der Waals surface area contributed by atoms with Crippen LogP contribution in [0.15, 0.2) is 221 Å². The molecule has 0 spiro atoms. The number of likely N-dealkylation sites (N-methyl/N-ethyl adjacent to an activating group) is 3. The summed E-state index contributed by atoms with van der Waals surface area (Å²) in [6.07, 6.45) is 7.90. The van der Waals surface area contributed by atoms with Crippen LogP contribution in [0.2, 0.25) is 0 Å². The Morgan fingerprint density at radius 2 is 0.815 bits per heavy atom. The molecular weight excluding hydrogens is 1880 g/mol. The van der Waals surface area contributed by atoms with Gasteiger partial charge in [0.2, 0.25) is 29.4 Å². The first-order valence-electron chi connectivity index (χ1n) is 46.5. The summed E-state index contributed by atoms with van der Waals surface area (Å²) in [5, 5.41) is 9.03. The van der Waals surface area contributed by atoms with Gasteiger partial charge >= 0.3 is 36.2 Å². The van der Waals surface area contributed by atoms with Crippen LogP contribution in [0, 0.1) is 19.7 Å². The number of aromatic nitrogens is 11. The number of benzene rings is 7. The van der Waals surface area contributed by atoms with Crippen molar-refractivity contribution in [2.45, 2.75) is 150 Å². The van der Waals surface area contributed by atoms with E-state index in [1.54, 1.807) is 47.6 Å². The zero-order valence-corrected chi connectivity index (χ0v) is 84.3. The third kappa shape index (κ3) is 26.7. The normalized spacial score (nSPS) is 13.6. The van der Waals surface area contributed by atoms with Crippen LogP contribution in [-0.2, 0) is 89.0 Å². The van der Waals surface area contributed by atoms with Crippen LogP contribution in [0.3, 0.4) is 0 Å². The molecule has 11 N–H and O–H groups in total. The fourth-order valence-corrected chi connectivity index (χ4v) is 16.2. The molecule has 0 bridgehead atoms. The van der Waals surface area contributed by atoms with Gasteiger partial charge in [-0.3, -0.25) is 24.6 Å². The van der Waals surface area contributed by atoms with Crippen molar-refractivity contribution in [3.05, 3.63) is 296 Å². The maximum atomic E-state index is 12.6. The second-order valence-corrected chi connectivity index (χ2v) is 38.7. The number of nitrogens with one attached hydrogen (secondary N) is 5. The van der Waals surface area contributed by atoms with Crippen LogP contribution < -0.4 is 62.1 Å². The Kier molecular flexibility index (Phi) is 32.4. The third-order valence-electron chi connectivity index (χ3n) is 23.5. The topological polar surface area (TPSA) is 481 Å². The predicted octanol–water partition coefficient (Wildman–Crippen LogP) is 17.7. The molecule has 7 aromatic carbocycles. The molecule has 0 atom stereocenters. The number of alkyl carbamates (subject to hydrolysis) is 3.